The molecule has 0 atom stereocenters. The lowest BCUT2D eigenvalue weighted by Crippen LogP contribution is -2.37. The fourth-order valence-electron chi connectivity index (χ4n) is 3.88. The van der Waals surface area contributed by atoms with Gasteiger partial charge in [0.1, 0.15) is 17.1 Å². The third-order valence-corrected chi connectivity index (χ3v) is 6.19. The molecule has 0 bridgehead atoms. The molecular weight excluding hydrogens is 397 g/mol. The first kappa shape index (κ1) is 21.6. The Morgan fingerprint density at radius 1 is 1.28 bits per heavy atom. The number of amides is 1. The van der Waals surface area contributed by atoms with Crippen LogP contribution in [0.1, 0.15) is 46.5 Å². The normalized spacial score (nSPS) is 24.7. The summed E-state index contributed by atoms with van der Waals surface area (Å²) in [4.78, 5) is 18.3. The van der Waals surface area contributed by atoms with Crippen LogP contribution in [0.4, 0.5) is 15.8 Å². The van der Waals surface area contributed by atoms with E-state index in [0.717, 1.165) is 38.0 Å². The predicted octanol–water partition coefficient (Wildman–Crippen LogP) is 3.53. The van der Waals surface area contributed by atoms with Crippen molar-refractivity contribution in [3.8, 4) is 0 Å². The van der Waals surface area contributed by atoms with Crippen LogP contribution in [0.2, 0.25) is 0 Å². The van der Waals surface area contributed by atoms with Gasteiger partial charge in [-0.05, 0) is 61.3 Å². The van der Waals surface area contributed by atoms with Gasteiger partial charge in [-0.25, -0.2) is 12.8 Å². The van der Waals surface area contributed by atoms with Crippen LogP contribution in [0.25, 0.3) is 0 Å². The molecule has 3 rings (SSSR count). The number of anilines is 2. The average Bonchev–Trinajstić information content (AvgIpc) is 3.00. The second-order valence-corrected chi connectivity index (χ2v) is 10.7. The molecule has 1 aromatic carbocycles. The van der Waals surface area contributed by atoms with Gasteiger partial charge in [-0.1, -0.05) is 20.8 Å². The van der Waals surface area contributed by atoms with Crippen molar-refractivity contribution in [3.63, 3.8) is 0 Å². The first-order chi connectivity index (χ1) is 13.4. The van der Waals surface area contributed by atoms with Gasteiger partial charge >= 0.3 is 0 Å². The zero-order chi connectivity index (χ0) is 21.4. The van der Waals surface area contributed by atoms with Crippen LogP contribution >= 0.6 is 0 Å². The van der Waals surface area contributed by atoms with Gasteiger partial charge in [0.2, 0.25) is 10.0 Å². The summed E-state index contributed by atoms with van der Waals surface area (Å²) in [6, 6.07) is 3.75. The monoisotopic (exact) mass is 425 g/mol. The number of hydroxylamine groups is 1. The van der Waals surface area contributed by atoms with E-state index in [2.05, 4.69) is 36.3 Å². The number of carbonyl (C=O) groups is 1. The SMILES string of the molecule is CC(C)(C)C1CCC2(C=C(C(=O)Nc3ccc(NS(C)(=O)=O)c(F)c3)NO2)CC1. The third-order valence-electron chi connectivity index (χ3n) is 5.60. The van der Waals surface area contributed by atoms with Crippen LogP contribution in [0.5, 0.6) is 0 Å². The molecule has 0 saturated heterocycles. The lowest BCUT2D eigenvalue weighted by molar-refractivity contribution is -0.115. The molecular formula is C20H28FN3O4S. The average molecular weight is 426 g/mol. The quantitative estimate of drug-likeness (QED) is 0.686. The Morgan fingerprint density at radius 3 is 2.48 bits per heavy atom. The van der Waals surface area contributed by atoms with E-state index in [9.17, 15) is 17.6 Å². The van der Waals surface area contributed by atoms with Crippen molar-refractivity contribution in [2.45, 2.75) is 52.1 Å². The summed E-state index contributed by atoms with van der Waals surface area (Å²) in [7, 11) is -3.59. The molecule has 0 aromatic heterocycles. The van der Waals surface area contributed by atoms with Gasteiger partial charge in [0.05, 0.1) is 11.9 Å². The van der Waals surface area contributed by atoms with E-state index in [4.69, 9.17) is 4.84 Å². The van der Waals surface area contributed by atoms with Gasteiger partial charge < -0.3 is 5.32 Å². The molecule has 1 heterocycles. The van der Waals surface area contributed by atoms with E-state index >= 15 is 0 Å². The van der Waals surface area contributed by atoms with Crippen molar-refractivity contribution in [2.24, 2.45) is 11.3 Å². The molecule has 2 aliphatic rings. The number of carbonyl (C=O) groups excluding carboxylic acids is 1. The number of sulfonamides is 1. The number of rotatable bonds is 4. The van der Waals surface area contributed by atoms with E-state index in [1.807, 2.05) is 6.08 Å². The number of halogens is 1. The van der Waals surface area contributed by atoms with Crippen molar-refractivity contribution in [3.05, 3.63) is 35.8 Å². The highest BCUT2D eigenvalue weighted by Gasteiger charge is 2.42. The summed E-state index contributed by atoms with van der Waals surface area (Å²) >= 11 is 0. The number of hydrogen-bond acceptors (Lipinski definition) is 5. The molecule has 1 fully saturated rings. The summed E-state index contributed by atoms with van der Waals surface area (Å²) in [6.45, 7) is 6.73. The number of hydrogen-bond donors (Lipinski definition) is 3. The zero-order valence-corrected chi connectivity index (χ0v) is 18.0. The summed E-state index contributed by atoms with van der Waals surface area (Å²) < 4.78 is 38.6. The first-order valence-corrected chi connectivity index (χ1v) is 11.5. The van der Waals surface area contributed by atoms with Crippen LogP contribution < -0.4 is 15.5 Å². The van der Waals surface area contributed by atoms with Crippen LogP contribution in [0.15, 0.2) is 30.0 Å². The molecule has 1 aliphatic heterocycles. The van der Waals surface area contributed by atoms with Crippen molar-refractivity contribution in [1.82, 2.24) is 5.48 Å². The van der Waals surface area contributed by atoms with Crippen molar-refractivity contribution in [1.29, 1.82) is 0 Å². The second-order valence-electron chi connectivity index (χ2n) is 8.99. The molecule has 1 amide bonds. The van der Waals surface area contributed by atoms with Gasteiger partial charge in [0.25, 0.3) is 5.91 Å². The molecule has 1 aliphatic carbocycles. The van der Waals surface area contributed by atoms with Crippen LogP contribution in [0.3, 0.4) is 0 Å². The highest BCUT2D eigenvalue weighted by Crippen LogP contribution is 2.44. The highest BCUT2D eigenvalue weighted by atomic mass is 32.2. The van der Waals surface area contributed by atoms with Crippen LogP contribution in [0, 0.1) is 17.2 Å². The largest absolute Gasteiger partial charge is 0.321 e. The van der Waals surface area contributed by atoms with Crippen molar-refractivity contribution in [2.75, 3.05) is 16.3 Å². The molecule has 0 unspecified atom stereocenters. The fraction of sp³-hybridized carbons (Fsp3) is 0.550. The Balaban J connectivity index is 1.65. The van der Waals surface area contributed by atoms with Gasteiger partial charge in [-0.15, -0.1) is 0 Å². The Bertz CT molecular complexity index is 930. The number of benzene rings is 1. The maximum absolute atomic E-state index is 14.1. The summed E-state index contributed by atoms with van der Waals surface area (Å²) in [6.07, 6.45) is 6.47. The van der Waals surface area contributed by atoms with E-state index in [-0.39, 0.29) is 22.5 Å². The van der Waals surface area contributed by atoms with Crippen molar-refractivity contribution >= 4 is 27.3 Å². The lowest BCUT2D eigenvalue weighted by atomic mass is 9.68. The van der Waals surface area contributed by atoms with Crippen molar-refractivity contribution < 1.29 is 22.4 Å². The van der Waals surface area contributed by atoms with Gasteiger partial charge in [0.15, 0.2) is 0 Å². The molecule has 160 valence electrons. The Hall–Kier alpha value is -2.13. The lowest BCUT2D eigenvalue weighted by Gasteiger charge is -2.40. The molecule has 1 aromatic rings. The fourth-order valence-corrected chi connectivity index (χ4v) is 4.45. The van der Waals surface area contributed by atoms with Crippen LogP contribution in [-0.4, -0.2) is 26.2 Å². The molecule has 0 radical (unpaired) electrons. The standard InChI is InChI=1S/C20H28FN3O4S/c1-19(2,3)13-7-9-20(10-8-13)12-17(23-28-20)18(25)22-14-5-6-16(15(21)11-14)24-29(4,26)27/h5-6,11-13,23-24H,7-10H2,1-4H3,(H,22,25). The Labute approximate surface area is 171 Å². The Morgan fingerprint density at radius 2 is 1.93 bits per heavy atom. The highest BCUT2D eigenvalue weighted by molar-refractivity contribution is 7.92. The Kier molecular flexibility index (Phi) is 5.66. The van der Waals surface area contributed by atoms with E-state index in [1.165, 1.54) is 12.1 Å². The summed E-state index contributed by atoms with van der Waals surface area (Å²) in [5, 5.41) is 2.60. The smallest absolute Gasteiger partial charge is 0.273 e. The molecule has 29 heavy (non-hydrogen) atoms. The molecule has 1 spiro atoms. The first-order valence-electron chi connectivity index (χ1n) is 9.62. The maximum Gasteiger partial charge on any atom is 0.273 e. The maximum atomic E-state index is 14.1. The molecule has 1 saturated carbocycles. The van der Waals surface area contributed by atoms with Crippen LogP contribution in [-0.2, 0) is 19.7 Å². The molecule has 9 heteroatoms. The van der Waals surface area contributed by atoms with Gasteiger partial charge in [-0.2, -0.15) is 0 Å². The van der Waals surface area contributed by atoms with E-state index in [0.29, 0.717) is 5.92 Å². The second kappa shape index (κ2) is 7.60. The summed E-state index contributed by atoms with van der Waals surface area (Å²) in [5.41, 5.74) is 2.80. The van der Waals surface area contributed by atoms with E-state index < -0.39 is 27.3 Å². The minimum atomic E-state index is -3.59. The predicted molar refractivity (Wildman–Crippen MR) is 110 cm³/mol. The zero-order valence-electron chi connectivity index (χ0n) is 17.1. The minimum Gasteiger partial charge on any atom is -0.321 e. The van der Waals surface area contributed by atoms with Gasteiger partial charge in [-0.3, -0.25) is 19.8 Å². The van der Waals surface area contributed by atoms with E-state index in [1.54, 1.807) is 0 Å². The number of nitrogens with one attached hydrogen (secondary N) is 3. The molecule has 7 nitrogen and oxygen atoms in total. The molecule has 3 N–H and O–H groups in total. The summed E-state index contributed by atoms with van der Waals surface area (Å²) in [5.74, 6) is -0.608. The third kappa shape index (κ3) is 5.27. The minimum absolute atomic E-state index is 0.179. The topological polar surface area (TPSA) is 96.5 Å². The van der Waals surface area contributed by atoms with Gasteiger partial charge in [0, 0.05) is 5.69 Å².